The van der Waals surface area contributed by atoms with Crippen LogP contribution >= 0.6 is 11.3 Å². The molecule has 1 aromatic carbocycles. The monoisotopic (exact) mass is 252 g/mol. The van der Waals surface area contributed by atoms with Gasteiger partial charge in [-0.1, -0.05) is 30.4 Å². The summed E-state index contributed by atoms with van der Waals surface area (Å²) in [5.74, 6) is 0. The number of hydrogen-bond donors (Lipinski definition) is 0. The molecule has 2 heterocycles. The zero-order valence-corrected chi connectivity index (χ0v) is 10.9. The van der Waals surface area contributed by atoms with Crippen LogP contribution in [0.1, 0.15) is 12.5 Å². The van der Waals surface area contributed by atoms with Crippen molar-refractivity contribution >= 4 is 27.8 Å². The summed E-state index contributed by atoms with van der Waals surface area (Å²) in [6, 6.07) is 10.2. The van der Waals surface area contributed by atoms with Crippen molar-refractivity contribution in [3.8, 4) is 11.4 Å². The molecule has 0 fully saturated rings. The second kappa shape index (κ2) is 4.35. The normalized spacial score (nSPS) is 10.7. The molecular weight excluding hydrogens is 240 g/mol. The number of para-hydroxylation sites is 1. The molecule has 0 radical (unpaired) electrons. The third kappa shape index (κ3) is 1.83. The molecule has 2 aromatic heterocycles. The fraction of sp³-hybridized carbons (Fsp3) is 0.0667. The van der Waals surface area contributed by atoms with E-state index >= 15 is 0 Å². The van der Waals surface area contributed by atoms with Gasteiger partial charge in [0.05, 0.1) is 22.4 Å². The van der Waals surface area contributed by atoms with Crippen LogP contribution in [-0.2, 0) is 0 Å². The van der Waals surface area contributed by atoms with E-state index in [1.807, 2.05) is 36.0 Å². The average Bonchev–Trinajstić information content (AvgIpc) is 2.91. The van der Waals surface area contributed by atoms with Crippen LogP contribution in [0.4, 0.5) is 0 Å². The third-order valence-corrected chi connectivity index (χ3v) is 3.46. The van der Waals surface area contributed by atoms with E-state index in [9.17, 15) is 0 Å². The first-order chi connectivity index (χ1) is 8.75. The van der Waals surface area contributed by atoms with Gasteiger partial charge in [0, 0.05) is 10.8 Å². The molecule has 0 N–H and O–H groups in total. The maximum atomic E-state index is 4.66. The van der Waals surface area contributed by atoms with Crippen LogP contribution in [0.2, 0.25) is 0 Å². The summed E-state index contributed by atoms with van der Waals surface area (Å²) in [6.45, 7) is 6.07. The number of fused-ring (bicyclic) bond motifs is 1. The molecule has 0 saturated heterocycles. The minimum absolute atomic E-state index is 0.910. The summed E-state index contributed by atoms with van der Waals surface area (Å²) >= 11 is 1.58. The largest absolute Gasteiger partial charge is 0.246 e. The molecule has 0 atom stereocenters. The number of allylic oxidation sites excluding steroid dienone is 1. The Hall–Kier alpha value is -2.00. The molecule has 2 nitrogen and oxygen atoms in total. The van der Waals surface area contributed by atoms with Crippen molar-refractivity contribution in [1.82, 2.24) is 9.97 Å². The van der Waals surface area contributed by atoms with Crippen LogP contribution in [0, 0.1) is 0 Å². The zero-order chi connectivity index (χ0) is 12.5. The molecule has 0 aliphatic heterocycles. The van der Waals surface area contributed by atoms with Crippen molar-refractivity contribution in [3.63, 3.8) is 0 Å². The summed E-state index contributed by atoms with van der Waals surface area (Å²) in [5, 5.41) is 3.16. The molecule has 0 spiro atoms. The van der Waals surface area contributed by atoms with Crippen molar-refractivity contribution in [2.75, 3.05) is 0 Å². The topological polar surface area (TPSA) is 25.8 Å². The molecule has 0 aliphatic rings. The van der Waals surface area contributed by atoms with Crippen molar-refractivity contribution in [1.29, 1.82) is 0 Å². The fourth-order valence-corrected chi connectivity index (χ4v) is 2.54. The van der Waals surface area contributed by atoms with Gasteiger partial charge in [0.2, 0.25) is 0 Å². The second-order valence-corrected chi connectivity index (χ2v) is 4.94. The number of pyridine rings is 1. The summed E-state index contributed by atoms with van der Waals surface area (Å²) in [4.78, 5) is 8.98. The van der Waals surface area contributed by atoms with Gasteiger partial charge >= 0.3 is 0 Å². The van der Waals surface area contributed by atoms with Crippen molar-refractivity contribution in [2.45, 2.75) is 6.92 Å². The van der Waals surface area contributed by atoms with E-state index in [4.69, 9.17) is 0 Å². The van der Waals surface area contributed by atoms with Gasteiger partial charge in [-0.3, -0.25) is 0 Å². The van der Waals surface area contributed by atoms with E-state index in [1.165, 1.54) is 0 Å². The highest BCUT2D eigenvalue weighted by Gasteiger charge is 2.08. The Bertz CT molecular complexity index is 714. The van der Waals surface area contributed by atoms with Gasteiger partial charge in [-0.15, -0.1) is 11.3 Å². The van der Waals surface area contributed by atoms with Crippen LogP contribution < -0.4 is 0 Å². The Kier molecular flexibility index (Phi) is 2.68. The Balaban J connectivity index is 2.33. The minimum atomic E-state index is 0.910. The fourth-order valence-electron chi connectivity index (χ4n) is 2.00. The first-order valence-corrected chi connectivity index (χ1v) is 6.64. The van der Waals surface area contributed by atoms with Crippen molar-refractivity contribution in [2.24, 2.45) is 0 Å². The SMILES string of the molecule is C=C(C)c1cc(-c2cscn2)nc2ccccc12. The van der Waals surface area contributed by atoms with E-state index in [-0.39, 0.29) is 0 Å². The zero-order valence-electron chi connectivity index (χ0n) is 10.1. The van der Waals surface area contributed by atoms with E-state index in [2.05, 4.69) is 28.7 Å². The molecule has 0 amide bonds. The standard InChI is InChI=1S/C15H12N2S/c1-10(2)12-7-14(15-8-18-9-16-15)17-13-6-4-3-5-11(12)13/h3-9H,1H2,2H3. The first kappa shape index (κ1) is 11.1. The molecule has 3 aromatic rings. The van der Waals surface area contributed by atoms with Crippen molar-refractivity contribution in [3.05, 3.63) is 53.4 Å². The lowest BCUT2D eigenvalue weighted by Crippen LogP contribution is -1.90. The Morgan fingerprint density at radius 3 is 2.78 bits per heavy atom. The lowest BCUT2D eigenvalue weighted by atomic mass is 10.0. The Morgan fingerprint density at radius 1 is 1.22 bits per heavy atom. The second-order valence-electron chi connectivity index (χ2n) is 4.23. The van der Waals surface area contributed by atoms with Crippen molar-refractivity contribution < 1.29 is 0 Å². The van der Waals surface area contributed by atoms with E-state index in [0.29, 0.717) is 0 Å². The molecule has 3 rings (SSSR count). The average molecular weight is 252 g/mol. The molecular formula is C15H12N2S. The lowest BCUT2D eigenvalue weighted by molar-refractivity contribution is 1.32. The number of hydrogen-bond acceptors (Lipinski definition) is 3. The van der Waals surface area contributed by atoms with Crippen LogP contribution in [-0.4, -0.2) is 9.97 Å². The molecule has 3 heteroatoms. The van der Waals surface area contributed by atoms with Crippen LogP contribution in [0.25, 0.3) is 27.9 Å². The number of rotatable bonds is 2. The highest BCUT2D eigenvalue weighted by atomic mass is 32.1. The van der Waals surface area contributed by atoms with Gasteiger partial charge in [0.15, 0.2) is 0 Å². The molecule has 18 heavy (non-hydrogen) atoms. The van der Waals surface area contributed by atoms with E-state index in [1.54, 1.807) is 11.3 Å². The Morgan fingerprint density at radius 2 is 2.06 bits per heavy atom. The number of thiazole rings is 1. The van der Waals surface area contributed by atoms with Gasteiger partial charge in [-0.05, 0) is 24.6 Å². The maximum absolute atomic E-state index is 4.66. The molecule has 0 saturated carbocycles. The highest BCUT2D eigenvalue weighted by molar-refractivity contribution is 7.07. The number of aromatic nitrogens is 2. The predicted octanol–water partition coefficient (Wildman–Crippen LogP) is 4.39. The molecule has 0 bridgehead atoms. The summed E-state index contributed by atoms with van der Waals surface area (Å²) in [6.07, 6.45) is 0. The van der Waals surface area contributed by atoms with Crippen LogP contribution in [0.5, 0.6) is 0 Å². The molecule has 0 unspecified atom stereocenters. The van der Waals surface area contributed by atoms with Gasteiger partial charge in [-0.25, -0.2) is 9.97 Å². The van der Waals surface area contributed by atoms with Crippen LogP contribution in [0.3, 0.4) is 0 Å². The number of nitrogens with zero attached hydrogens (tertiary/aromatic N) is 2. The van der Waals surface area contributed by atoms with Gasteiger partial charge in [0.1, 0.15) is 0 Å². The minimum Gasteiger partial charge on any atom is -0.246 e. The predicted molar refractivity (Wildman–Crippen MR) is 77.6 cm³/mol. The Labute approximate surface area is 110 Å². The summed E-state index contributed by atoms with van der Waals surface area (Å²) in [7, 11) is 0. The van der Waals surface area contributed by atoms with Gasteiger partial charge < -0.3 is 0 Å². The van der Waals surface area contributed by atoms with Gasteiger partial charge in [-0.2, -0.15) is 0 Å². The number of benzene rings is 1. The maximum Gasteiger partial charge on any atom is 0.0995 e. The first-order valence-electron chi connectivity index (χ1n) is 5.70. The van der Waals surface area contributed by atoms with Gasteiger partial charge in [0.25, 0.3) is 0 Å². The van der Waals surface area contributed by atoms with E-state index in [0.717, 1.165) is 33.4 Å². The smallest absolute Gasteiger partial charge is 0.0995 e. The van der Waals surface area contributed by atoms with E-state index < -0.39 is 0 Å². The summed E-state index contributed by atoms with van der Waals surface area (Å²) < 4.78 is 0. The summed E-state index contributed by atoms with van der Waals surface area (Å²) in [5.41, 5.74) is 6.84. The highest BCUT2D eigenvalue weighted by Crippen LogP contribution is 2.28. The lowest BCUT2D eigenvalue weighted by Gasteiger charge is -2.08. The quantitative estimate of drug-likeness (QED) is 0.676. The van der Waals surface area contributed by atoms with Crippen LogP contribution in [0.15, 0.2) is 47.8 Å². The molecule has 0 aliphatic carbocycles. The molecule has 88 valence electrons. The third-order valence-electron chi connectivity index (χ3n) is 2.87.